The van der Waals surface area contributed by atoms with Gasteiger partial charge in [0.1, 0.15) is 11.3 Å². The number of rotatable bonds is 3. The van der Waals surface area contributed by atoms with Gasteiger partial charge in [-0.05, 0) is 35.6 Å². The largest absolute Gasteiger partial charge is 0.462 e. The van der Waals surface area contributed by atoms with Crippen molar-refractivity contribution in [3.63, 3.8) is 0 Å². The molecule has 1 rings (SSSR count). The highest BCUT2D eigenvalue weighted by Crippen LogP contribution is 2.24. The van der Waals surface area contributed by atoms with E-state index in [1.807, 2.05) is 0 Å². The number of halogens is 3. The minimum Gasteiger partial charge on any atom is -0.462 e. The Bertz CT molecular complexity index is 371. The van der Waals surface area contributed by atoms with Crippen LogP contribution in [-0.2, 0) is 4.74 Å². The topological polar surface area (TPSA) is 39.2 Å². The van der Waals surface area contributed by atoms with Gasteiger partial charge in [-0.1, -0.05) is 0 Å². The van der Waals surface area contributed by atoms with Gasteiger partial charge in [-0.3, -0.25) is 4.98 Å². The van der Waals surface area contributed by atoms with Crippen molar-refractivity contribution >= 4 is 28.6 Å². The van der Waals surface area contributed by atoms with Crippen molar-refractivity contribution in [2.24, 2.45) is 0 Å². The first-order valence-corrected chi connectivity index (χ1v) is 5.25. The van der Waals surface area contributed by atoms with E-state index in [0.29, 0.717) is 3.57 Å². The van der Waals surface area contributed by atoms with Gasteiger partial charge in [0.15, 0.2) is 0 Å². The lowest BCUT2D eigenvalue weighted by Gasteiger charge is -2.08. The van der Waals surface area contributed by atoms with Crippen LogP contribution in [0.3, 0.4) is 0 Å². The Morgan fingerprint density at radius 1 is 1.67 bits per heavy atom. The third-order valence-corrected chi connectivity index (χ3v) is 2.51. The fraction of sp³-hybridized carbons (Fsp3) is 0.333. The average molecular weight is 327 g/mol. The van der Waals surface area contributed by atoms with Crippen LogP contribution >= 0.6 is 22.6 Å². The van der Waals surface area contributed by atoms with Crippen molar-refractivity contribution in [1.29, 1.82) is 0 Å². The minimum absolute atomic E-state index is 0.144. The van der Waals surface area contributed by atoms with E-state index in [1.54, 1.807) is 29.5 Å². The van der Waals surface area contributed by atoms with Crippen LogP contribution in [0.5, 0.6) is 0 Å². The van der Waals surface area contributed by atoms with Gasteiger partial charge in [-0.2, -0.15) is 0 Å². The molecule has 1 aromatic rings. The van der Waals surface area contributed by atoms with Gasteiger partial charge < -0.3 is 4.74 Å². The van der Waals surface area contributed by atoms with Crippen molar-refractivity contribution in [3.8, 4) is 0 Å². The number of pyridine rings is 1. The van der Waals surface area contributed by atoms with Gasteiger partial charge in [0, 0.05) is 9.77 Å². The van der Waals surface area contributed by atoms with Crippen molar-refractivity contribution in [3.05, 3.63) is 27.1 Å². The number of esters is 1. The molecule has 0 bridgehead atoms. The van der Waals surface area contributed by atoms with Gasteiger partial charge in [-0.15, -0.1) is 0 Å². The minimum atomic E-state index is -2.78. The molecule has 0 saturated heterocycles. The highest BCUT2D eigenvalue weighted by molar-refractivity contribution is 14.1. The molecule has 0 aliphatic heterocycles. The highest BCUT2D eigenvalue weighted by Gasteiger charge is 2.23. The van der Waals surface area contributed by atoms with E-state index in [2.05, 4.69) is 9.72 Å². The van der Waals surface area contributed by atoms with E-state index in [4.69, 9.17) is 0 Å². The number of hydrogen-bond donors (Lipinski definition) is 0. The number of nitrogens with zero attached hydrogens (tertiary/aromatic N) is 1. The predicted molar refractivity (Wildman–Crippen MR) is 57.9 cm³/mol. The highest BCUT2D eigenvalue weighted by atomic mass is 127. The molecule has 15 heavy (non-hydrogen) atoms. The van der Waals surface area contributed by atoms with Gasteiger partial charge in [0.2, 0.25) is 0 Å². The maximum Gasteiger partial charge on any atom is 0.341 e. The van der Waals surface area contributed by atoms with Crippen molar-refractivity contribution in [2.75, 3.05) is 6.61 Å². The summed E-state index contributed by atoms with van der Waals surface area (Å²) >= 11 is 1.80. The molecule has 82 valence electrons. The lowest BCUT2D eigenvalue weighted by molar-refractivity contribution is 0.0512. The number of ether oxygens (including phenoxy) is 1. The molecule has 0 saturated carbocycles. The number of carbonyl (C=O) groups excluding carboxylic acids is 1. The zero-order valence-electron chi connectivity index (χ0n) is 7.84. The SMILES string of the molecule is CCOC(=O)c1c(I)ccnc1C(F)F. The van der Waals surface area contributed by atoms with E-state index in [-0.39, 0.29) is 12.2 Å². The number of carbonyl (C=O) groups is 1. The first-order valence-electron chi connectivity index (χ1n) is 4.17. The van der Waals surface area contributed by atoms with Gasteiger partial charge >= 0.3 is 5.97 Å². The molecule has 0 aromatic carbocycles. The molecule has 0 amide bonds. The fourth-order valence-corrected chi connectivity index (χ4v) is 1.68. The smallest absolute Gasteiger partial charge is 0.341 e. The summed E-state index contributed by atoms with van der Waals surface area (Å²) < 4.78 is 30.2. The summed E-state index contributed by atoms with van der Waals surface area (Å²) in [5.41, 5.74) is -0.671. The van der Waals surface area contributed by atoms with Gasteiger partial charge in [0.05, 0.1) is 6.61 Å². The van der Waals surface area contributed by atoms with Crippen molar-refractivity contribution in [2.45, 2.75) is 13.3 Å². The molecule has 1 aromatic heterocycles. The molecule has 0 aliphatic carbocycles. The van der Waals surface area contributed by atoms with E-state index in [1.165, 1.54) is 12.3 Å². The average Bonchev–Trinajstić information content (AvgIpc) is 2.17. The Balaban J connectivity index is 3.18. The van der Waals surface area contributed by atoms with E-state index in [0.717, 1.165) is 0 Å². The molecule has 3 nitrogen and oxygen atoms in total. The Labute approximate surface area is 99.0 Å². The normalized spacial score (nSPS) is 10.5. The summed E-state index contributed by atoms with van der Waals surface area (Å²) in [6.07, 6.45) is -1.54. The molecule has 0 spiro atoms. The summed E-state index contributed by atoms with van der Waals surface area (Å²) in [5, 5.41) is 0. The van der Waals surface area contributed by atoms with Crippen LogP contribution in [0.4, 0.5) is 8.78 Å². The molecule has 0 atom stereocenters. The van der Waals surface area contributed by atoms with Crippen LogP contribution in [0.25, 0.3) is 0 Å². The first-order chi connectivity index (χ1) is 7.07. The molecular formula is C9H8F2INO2. The standard InChI is InChI=1S/C9H8F2INO2/c1-2-15-9(14)6-5(12)3-4-13-7(6)8(10)11/h3-4,8H,2H2,1H3. The monoisotopic (exact) mass is 327 g/mol. The van der Waals surface area contributed by atoms with Crippen molar-refractivity contribution in [1.82, 2.24) is 4.98 Å². The second-order valence-electron chi connectivity index (χ2n) is 2.57. The van der Waals surface area contributed by atoms with E-state index >= 15 is 0 Å². The van der Waals surface area contributed by atoms with Crippen LogP contribution in [0.2, 0.25) is 0 Å². The molecular weight excluding hydrogens is 319 g/mol. The second kappa shape index (κ2) is 5.34. The quantitative estimate of drug-likeness (QED) is 0.633. The summed E-state index contributed by atoms with van der Waals surface area (Å²) in [5.74, 6) is -0.759. The molecule has 0 fully saturated rings. The van der Waals surface area contributed by atoms with Crippen LogP contribution in [-0.4, -0.2) is 17.6 Å². The van der Waals surface area contributed by atoms with Gasteiger partial charge in [0.25, 0.3) is 6.43 Å². The van der Waals surface area contributed by atoms with Crippen LogP contribution in [0.15, 0.2) is 12.3 Å². The lowest BCUT2D eigenvalue weighted by Crippen LogP contribution is -2.12. The Morgan fingerprint density at radius 2 is 2.33 bits per heavy atom. The molecule has 1 heterocycles. The molecule has 0 aliphatic rings. The van der Waals surface area contributed by atoms with E-state index in [9.17, 15) is 13.6 Å². The lowest BCUT2D eigenvalue weighted by atomic mass is 10.2. The Hall–Kier alpha value is -0.790. The number of hydrogen-bond acceptors (Lipinski definition) is 3. The van der Waals surface area contributed by atoms with Gasteiger partial charge in [-0.25, -0.2) is 13.6 Å². The third-order valence-electron chi connectivity index (χ3n) is 1.62. The molecule has 0 radical (unpaired) electrons. The van der Waals surface area contributed by atoms with Crippen molar-refractivity contribution < 1.29 is 18.3 Å². The summed E-state index contributed by atoms with van der Waals surface area (Å²) in [7, 11) is 0. The third kappa shape index (κ3) is 2.83. The van der Waals surface area contributed by atoms with Crippen LogP contribution in [0, 0.1) is 3.57 Å². The number of alkyl halides is 2. The summed E-state index contributed by atoms with van der Waals surface area (Å²) in [6.45, 7) is 1.76. The van der Waals surface area contributed by atoms with Crippen LogP contribution in [0.1, 0.15) is 29.4 Å². The Morgan fingerprint density at radius 3 is 2.87 bits per heavy atom. The second-order valence-corrected chi connectivity index (χ2v) is 3.74. The van der Waals surface area contributed by atoms with Crippen LogP contribution < -0.4 is 0 Å². The zero-order chi connectivity index (χ0) is 11.4. The maximum atomic E-state index is 12.5. The summed E-state index contributed by atoms with van der Waals surface area (Å²) in [4.78, 5) is 14.9. The van der Waals surface area contributed by atoms with E-state index < -0.39 is 18.1 Å². The summed E-state index contributed by atoms with van der Waals surface area (Å²) in [6, 6.07) is 1.48. The Kier molecular flexibility index (Phi) is 4.37. The first kappa shape index (κ1) is 12.3. The zero-order valence-corrected chi connectivity index (χ0v) is 9.99. The molecule has 0 unspecified atom stereocenters. The predicted octanol–water partition coefficient (Wildman–Crippen LogP) is 2.80. The number of aromatic nitrogens is 1. The molecule has 6 heteroatoms. The maximum absolute atomic E-state index is 12.5. The fourth-order valence-electron chi connectivity index (χ4n) is 1.02. The molecule has 0 N–H and O–H groups in total.